The summed E-state index contributed by atoms with van der Waals surface area (Å²) >= 11 is 0. The number of anilines is 1. The number of aromatic nitrogens is 4. The van der Waals surface area contributed by atoms with Crippen LogP contribution in [0.4, 0.5) is 5.69 Å². The molecular weight excluding hydrogens is 326 g/mol. The average Bonchev–Trinajstić information content (AvgIpc) is 3.03. The second-order valence-corrected chi connectivity index (χ2v) is 7.48. The highest BCUT2D eigenvalue weighted by molar-refractivity contribution is 7.90. The molecule has 3 rings (SSSR count). The monoisotopic (exact) mass is 343 g/mol. The molecule has 1 aromatic heterocycles. The van der Waals surface area contributed by atoms with Crippen LogP contribution < -0.4 is 4.90 Å². The molecule has 0 aliphatic heterocycles. The normalized spacial score (nSPS) is 11.4. The van der Waals surface area contributed by atoms with E-state index >= 15 is 0 Å². The van der Waals surface area contributed by atoms with Crippen LogP contribution in [-0.4, -0.2) is 41.9 Å². The van der Waals surface area contributed by atoms with Crippen molar-refractivity contribution in [2.75, 3.05) is 18.2 Å². The summed E-state index contributed by atoms with van der Waals surface area (Å²) in [5.74, 6) is 0.661. The van der Waals surface area contributed by atoms with Gasteiger partial charge in [-0.05, 0) is 46.8 Å². The molecule has 0 N–H and O–H groups in total. The molecular formula is C16H17N5O2S. The maximum atomic E-state index is 11.5. The molecule has 8 heteroatoms. The van der Waals surface area contributed by atoms with Gasteiger partial charge in [-0.25, -0.2) is 8.42 Å². The van der Waals surface area contributed by atoms with Gasteiger partial charge in [0.05, 0.1) is 17.1 Å². The minimum atomic E-state index is -3.22. The van der Waals surface area contributed by atoms with Crippen molar-refractivity contribution in [1.29, 1.82) is 0 Å². The van der Waals surface area contributed by atoms with Crippen LogP contribution in [0.3, 0.4) is 0 Å². The fourth-order valence-corrected chi connectivity index (χ4v) is 2.96. The number of tetrazole rings is 1. The molecule has 3 aromatic rings. The summed E-state index contributed by atoms with van der Waals surface area (Å²) < 4.78 is 24.7. The molecule has 124 valence electrons. The first-order valence-electron chi connectivity index (χ1n) is 7.29. The van der Waals surface area contributed by atoms with Crippen molar-refractivity contribution in [3.63, 3.8) is 0 Å². The molecule has 0 atom stereocenters. The first-order chi connectivity index (χ1) is 11.4. The van der Waals surface area contributed by atoms with E-state index in [-0.39, 0.29) is 4.90 Å². The molecule has 2 aromatic carbocycles. The van der Waals surface area contributed by atoms with Gasteiger partial charge in [0.25, 0.3) is 0 Å². The second kappa shape index (κ2) is 6.40. The molecule has 0 radical (unpaired) electrons. The van der Waals surface area contributed by atoms with E-state index in [9.17, 15) is 8.42 Å². The number of nitrogens with zero attached hydrogens (tertiary/aromatic N) is 5. The summed E-state index contributed by atoms with van der Waals surface area (Å²) in [5.41, 5.74) is 1.77. The van der Waals surface area contributed by atoms with Crippen LogP contribution in [0, 0.1) is 0 Å². The van der Waals surface area contributed by atoms with E-state index < -0.39 is 9.84 Å². The van der Waals surface area contributed by atoms with Crippen LogP contribution in [-0.2, 0) is 16.4 Å². The first kappa shape index (κ1) is 16.1. The summed E-state index contributed by atoms with van der Waals surface area (Å²) in [6.07, 6.45) is 1.18. The zero-order valence-electron chi connectivity index (χ0n) is 13.4. The van der Waals surface area contributed by atoms with E-state index in [1.807, 2.05) is 42.3 Å². The Bertz CT molecular complexity index is 921. The SMILES string of the molecule is CN(Cc1nnnn1-c1ccc(S(C)(=O)=O)cc1)c1ccccc1. The maximum Gasteiger partial charge on any atom is 0.175 e. The molecule has 1 heterocycles. The van der Waals surface area contributed by atoms with Gasteiger partial charge >= 0.3 is 0 Å². The molecule has 0 saturated carbocycles. The summed E-state index contributed by atoms with van der Waals surface area (Å²) in [5, 5.41) is 11.8. The van der Waals surface area contributed by atoms with E-state index in [0.717, 1.165) is 5.69 Å². The number of para-hydroxylation sites is 1. The highest BCUT2D eigenvalue weighted by Gasteiger charge is 2.13. The molecule has 0 aliphatic carbocycles. The Kier molecular flexibility index (Phi) is 4.30. The van der Waals surface area contributed by atoms with Gasteiger partial charge in [-0.15, -0.1) is 5.10 Å². The first-order valence-corrected chi connectivity index (χ1v) is 9.18. The van der Waals surface area contributed by atoms with E-state index in [2.05, 4.69) is 15.5 Å². The number of hydrogen-bond acceptors (Lipinski definition) is 6. The summed E-state index contributed by atoms with van der Waals surface area (Å²) in [6, 6.07) is 16.4. The summed E-state index contributed by atoms with van der Waals surface area (Å²) in [6.45, 7) is 0.519. The van der Waals surface area contributed by atoms with Crippen molar-refractivity contribution in [2.45, 2.75) is 11.4 Å². The van der Waals surface area contributed by atoms with E-state index in [4.69, 9.17) is 0 Å². The topological polar surface area (TPSA) is 81.0 Å². The largest absolute Gasteiger partial charge is 0.367 e. The van der Waals surface area contributed by atoms with Crippen LogP contribution in [0.2, 0.25) is 0 Å². The fraction of sp³-hybridized carbons (Fsp3) is 0.188. The predicted molar refractivity (Wildman–Crippen MR) is 90.8 cm³/mol. The van der Waals surface area contributed by atoms with Crippen LogP contribution >= 0.6 is 0 Å². The molecule has 7 nitrogen and oxygen atoms in total. The van der Waals surface area contributed by atoms with Crippen molar-refractivity contribution >= 4 is 15.5 Å². The van der Waals surface area contributed by atoms with Gasteiger partial charge in [0.2, 0.25) is 0 Å². The second-order valence-electron chi connectivity index (χ2n) is 5.46. The Morgan fingerprint density at radius 2 is 1.71 bits per heavy atom. The molecule has 0 aliphatic rings. The lowest BCUT2D eigenvalue weighted by Gasteiger charge is -2.18. The molecule has 24 heavy (non-hydrogen) atoms. The number of hydrogen-bond donors (Lipinski definition) is 0. The van der Waals surface area contributed by atoms with Gasteiger partial charge in [-0.2, -0.15) is 4.68 Å². The maximum absolute atomic E-state index is 11.5. The van der Waals surface area contributed by atoms with E-state index in [1.54, 1.807) is 28.9 Å². The quantitative estimate of drug-likeness (QED) is 0.701. The standard InChI is InChI=1S/C16H17N5O2S/c1-20(13-6-4-3-5-7-13)12-16-17-18-19-21(16)14-8-10-15(11-9-14)24(2,22)23/h3-11H,12H2,1-2H3. The van der Waals surface area contributed by atoms with Crippen LogP contribution in [0.1, 0.15) is 5.82 Å². The minimum absolute atomic E-state index is 0.266. The Hall–Kier alpha value is -2.74. The number of benzene rings is 2. The zero-order chi connectivity index (χ0) is 17.2. The number of sulfone groups is 1. The van der Waals surface area contributed by atoms with Gasteiger partial charge < -0.3 is 4.90 Å². The highest BCUT2D eigenvalue weighted by Crippen LogP contribution is 2.17. The van der Waals surface area contributed by atoms with Crippen LogP contribution in [0.5, 0.6) is 0 Å². The van der Waals surface area contributed by atoms with Crippen molar-refractivity contribution in [1.82, 2.24) is 20.2 Å². The van der Waals surface area contributed by atoms with E-state index in [0.29, 0.717) is 18.1 Å². The van der Waals surface area contributed by atoms with Crippen molar-refractivity contribution in [2.24, 2.45) is 0 Å². The van der Waals surface area contributed by atoms with Gasteiger partial charge in [0.1, 0.15) is 0 Å². The van der Waals surface area contributed by atoms with Crippen molar-refractivity contribution < 1.29 is 8.42 Å². The molecule has 0 spiro atoms. The van der Waals surface area contributed by atoms with E-state index in [1.165, 1.54) is 6.26 Å². The molecule has 0 unspecified atom stereocenters. The smallest absolute Gasteiger partial charge is 0.175 e. The highest BCUT2D eigenvalue weighted by atomic mass is 32.2. The Morgan fingerprint density at radius 3 is 2.33 bits per heavy atom. The third kappa shape index (κ3) is 3.43. The third-order valence-electron chi connectivity index (χ3n) is 3.62. The predicted octanol–water partition coefficient (Wildman–Crippen LogP) is 1.70. The van der Waals surface area contributed by atoms with Gasteiger partial charge in [-0.3, -0.25) is 0 Å². The molecule has 0 bridgehead atoms. The van der Waals surface area contributed by atoms with Crippen molar-refractivity contribution in [3.05, 3.63) is 60.4 Å². The summed E-state index contributed by atoms with van der Waals surface area (Å²) in [7, 11) is -1.26. The average molecular weight is 343 g/mol. The van der Waals surface area contributed by atoms with Gasteiger partial charge in [0.15, 0.2) is 15.7 Å². The third-order valence-corrected chi connectivity index (χ3v) is 4.75. The lowest BCUT2D eigenvalue weighted by atomic mass is 10.3. The summed E-state index contributed by atoms with van der Waals surface area (Å²) in [4.78, 5) is 2.30. The Morgan fingerprint density at radius 1 is 1.04 bits per heavy atom. The van der Waals surface area contributed by atoms with Gasteiger partial charge in [-0.1, -0.05) is 18.2 Å². The molecule has 0 amide bonds. The van der Waals surface area contributed by atoms with Crippen molar-refractivity contribution in [3.8, 4) is 5.69 Å². The molecule has 0 fully saturated rings. The molecule has 0 saturated heterocycles. The minimum Gasteiger partial charge on any atom is -0.367 e. The Balaban J connectivity index is 1.85. The zero-order valence-corrected chi connectivity index (χ0v) is 14.2. The van der Waals surface area contributed by atoms with Crippen LogP contribution in [0.15, 0.2) is 59.5 Å². The lowest BCUT2D eigenvalue weighted by Crippen LogP contribution is -2.19. The van der Waals surface area contributed by atoms with Crippen LogP contribution in [0.25, 0.3) is 5.69 Å². The number of rotatable bonds is 5. The van der Waals surface area contributed by atoms with Gasteiger partial charge in [0, 0.05) is 19.0 Å². The lowest BCUT2D eigenvalue weighted by molar-refractivity contribution is 0.602. The Labute approximate surface area is 140 Å². The fourth-order valence-electron chi connectivity index (χ4n) is 2.33.